The number of benzene rings is 1. The van der Waals surface area contributed by atoms with Crippen molar-refractivity contribution in [1.29, 1.82) is 0 Å². The molecule has 1 unspecified atom stereocenters. The van der Waals surface area contributed by atoms with Crippen LogP contribution < -0.4 is 5.32 Å². The van der Waals surface area contributed by atoms with E-state index in [4.69, 9.17) is 0 Å². The Bertz CT molecular complexity index is 802. The molecule has 3 rings (SSSR count). The molecule has 0 aliphatic carbocycles. The van der Waals surface area contributed by atoms with Crippen molar-refractivity contribution in [3.05, 3.63) is 42.2 Å². The third-order valence-corrected chi connectivity index (χ3v) is 6.68. The van der Waals surface area contributed by atoms with E-state index in [-0.39, 0.29) is 17.2 Å². The maximum Gasteiger partial charge on any atom is 0.194 e. The zero-order chi connectivity index (χ0) is 19.3. The van der Waals surface area contributed by atoms with Gasteiger partial charge < -0.3 is 10.2 Å². The molecule has 0 spiro atoms. The van der Waals surface area contributed by atoms with Crippen LogP contribution in [0.2, 0.25) is 0 Å². The molecule has 1 aromatic carbocycles. The van der Waals surface area contributed by atoms with Crippen molar-refractivity contribution in [2.24, 2.45) is 4.99 Å². The van der Waals surface area contributed by atoms with E-state index in [1.54, 1.807) is 0 Å². The van der Waals surface area contributed by atoms with Crippen LogP contribution in [0.25, 0.3) is 0 Å². The van der Waals surface area contributed by atoms with Gasteiger partial charge in [0.05, 0.1) is 12.3 Å². The molecule has 2 aliphatic rings. The molecule has 8 heteroatoms. The van der Waals surface area contributed by atoms with Crippen LogP contribution in [0.15, 0.2) is 46.3 Å². The Labute approximate surface area is 160 Å². The summed E-state index contributed by atoms with van der Waals surface area (Å²) in [6.07, 6.45) is 5.45. The Kier molecular flexibility index (Phi) is 6.49. The van der Waals surface area contributed by atoms with Gasteiger partial charge in [0.1, 0.15) is 10.7 Å². The summed E-state index contributed by atoms with van der Waals surface area (Å²) in [6, 6.07) is 5.97. The molecular weight excluding hydrogens is 367 g/mol. The fraction of sp³-hybridized carbons (Fsp3) is 0.526. The zero-order valence-corrected chi connectivity index (χ0v) is 16.5. The fourth-order valence-corrected chi connectivity index (χ4v) is 4.73. The first-order chi connectivity index (χ1) is 13.0. The summed E-state index contributed by atoms with van der Waals surface area (Å²) in [4.78, 5) is 8.86. The van der Waals surface area contributed by atoms with Crippen molar-refractivity contribution in [3.63, 3.8) is 0 Å². The summed E-state index contributed by atoms with van der Waals surface area (Å²) in [5, 5.41) is 3.25. The smallest absolute Gasteiger partial charge is 0.194 e. The summed E-state index contributed by atoms with van der Waals surface area (Å²) in [5.41, 5.74) is 0. The maximum absolute atomic E-state index is 13.8. The van der Waals surface area contributed by atoms with E-state index in [0.717, 1.165) is 44.6 Å². The third-order valence-electron chi connectivity index (χ3n) is 4.95. The van der Waals surface area contributed by atoms with E-state index in [0.29, 0.717) is 12.6 Å². The van der Waals surface area contributed by atoms with Gasteiger partial charge in [0.25, 0.3) is 0 Å². The van der Waals surface area contributed by atoms with Gasteiger partial charge >= 0.3 is 0 Å². The Morgan fingerprint density at radius 3 is 2.74 bits per heavy atom. The second-order valence-electron chi connectivity index (χ2n) is 6.80. The molecule has 0 amide bonds. The van der Waals surface area contributed by atoms with Gasteiger partial charge in [0, 0.05) is 38.8 Å². The maximum atomic E-state index is 13.8. The number of nitrogens with one attached hydrogen (secondary N) is 1. The van der Waals surface area contributed by atoms with Crippen LogP contribution in [0.4, 0.5) is 4.39 Å². The molecule has 148 valence electrons. The summed E-state index contributed by atoms with van der Waals surface area (Å²) in [6.45, 7) is 6.57. The highest BCUT2D eigenvalue weighted by Gasteiger charge is 2.29. The predicted molar refractivity (Wildman–Crippen MR) is 105 cm³/mol. The minimum atomic E-state index is -3.69. The predicted octanol–water partition coefficient (Wildman–Crippen LogP) is 1.51. The summed E-state index contributed by atoms with van der Waals surface area (Å²) >= 11 is 0. The van der Waals surface area contributed by atoms with Crippen LogP contribution in [0.5, 0.6) is 0 Å². The lowest BCUT2D eigenvalue weighted by atomic mass is 10.2. The fourth-order valence-electron chi connectivity index (χ4n) is 3.53. The van der Waals surface area contributed by atoms with Crippen LogP contribution in [0.1, 0.15) is 13.3 Å². The monoisotopic (exact) mass is 394 g/mol. The molecular formula is C19H27FN4O2S. The number of nitrogens with zero attached hydrogens (tertiary/aromatic N) is 3. The summed E-state index contributed by atoms with van der Waals surface area (Å²) in [5.74, 6) is -0.193. The lowest BCUT2D eigenvalue weighted by molar-refractivity contribution is 0.259. The van der Waals surface area contributed by atoms with Crippen LogP contribution in [-0.4, -0.2) is 75.2 Å². The second-order valence-corrected chi connectivity index (χ2v) is 8.88. The Morgan fingerprint density at radius 1 is 1.30 bits per heavy atom. The second kappa shape index (κ2) is 8.84. The average molecular weight is 395 g/mol. The van der Waals surface area contributed by atoms with Crippen LogP contribution in [0.3, 0.4) is 0 Å². The molecule has 1 saturated heterocycles. The molecule has 1 aromatic rings. The largest absolute Gasteiger partial charge is 0.357 e. The number of guanidine groups is 1. The highest BCUT2D eigenvalue weighted by Crippen LogP contribution is 2.18. The van der Waals surface area contributed by atoms with Crippen LogP contribution in [0, 0.1) is 5.82 Å². The number of rotatable bonds is 6. The molecule has 27 heavy (non-hydrogen) atoms. The van der Waals surface area contributed by atoms with E-state index in [1.165, 1.54) is 18.2 Å². The first-order valence-electron chi connectivity index (χ1n) is 9.41. The SMILES string of the molecule is CCNC(=NCCS(=O)(=O)c1ccccc1F)N1CCC(N2CC=CC2)C1. The quantitative estimate of drug-likeness (QED) is 0.450. The highest BCUT2D eigenvalue weighted by atomic mass is 32.2. The topological polar surface area (TPSA) is 65.0 Å². The van der Waals surface area contributed by atoms with Crippen LogP contribution in [-0.2, 0) is 9.84 Å². The first-order valence-corrected chi connectivity index (χ1v) is 11.1. The van der Waals surface area contributed by atoms with Gasteiger partial charge in [-0.1, -0.05) is 24.3 Å². The zero-order valence-electron chi connectivity index (χ0n) is 15.6. The molecule has 0 radical (unpaired) electrons. The minimum Gasteiger partial charge on any atom is -0.357 e. The number of halogens is 1. The molecule has 1 atom stereocenters. The van der Waals surface area contributed by atoms with Gasteiger partial charge in [-0.2, -0.15) is 0 Å². The number of hydrogen-bond acceptors (Lipinski definition) is 4. The molecule has 0 aromatic heterocycles. The summed E-state index contributed by atoms with van der Waals surface area (Å²) < 4.78 is 38.5. The Morgan fingerprint density at radius 2 is 2.04 bits per heavy atom. The molecule has 1 fully saturated rings. The van der Waals surface area contributed by atoms with Gasteiger partial charge in [-0.3, -0.25) is 9.89 Å². The normalized spacial score (nSPS) is 21.2. The molecule has 6 nitrogen and oxygen atoms in total. The van der Waals surface area contributed by atoms with E-state index in [2.05, 4.69) is 32.3 Å². The van der Waals surface area contributed by atoms with Gasteiger partial charge in [-0.15, -0.1) is 0 Å². The minimum absolute atomic E-state index is 0.103. The summed E-state index contributed by atoms with van der Waals surface area (Å²) in [7, 11) is -3.69. The number of likely N-dealkylation sites (tertiary alicyclic amines) is 1. The van der Waals surface area contributed by atoms with Crippen molar-refractivity contribution < 1.29 is 12.8 Å². The van der Waals surface area contributed by atoms with E-state index in [1.807, 2.05) is 6.92 Å². The Balaban J connectivity index is 1.62. The lowest BCUT2D eigenvalue weighted by Gasteiger charge is -2.25. The molecule has 0 bridgehead atoms. The van der Waals surface area contributed by atoms with Crippen molar-refractivity contribution in [1.82, 2.24) is 15.1 Å². The van der Waals surface area contributed by atoms with Crippen molar-refractivity contribution >= 4 is 15.8 Å². The average Bonchev–Trinajstić information content (AvgIpc) is 3.32. The van der Waals surface area contributed by atoms with E-state index >= 15 is 0 Å². The lowest BCUT2D eigenvalue weighted by Crippen LogP contribution is -2.43. The van der Waals surface area contributed by atoms with Crippen molar-refractivity contribution in [3.8, 4) is 0 Å². The van der Waals surface area contributed by atoms with Crippen LogP contribution >= 0.6 is 0 Å². The Hall–Kier alpha value is -1.93. The number of aliphatic imine (C=N–C) groups is 1. The standard InChI is InChI=1S/C19H27FN4O2S/c1-2-21-19(24-13-9-16(15-24)23-11-5-6-12-23)22-10-14-27(25,26)18-8-4-3-7-17(18)20/h3-8,16H,2,9-15H2,1H3,(H,21,22). The molecule has 2 aliphatic heterocycles. The van der Waals surface area contributed by atoms with E-state index in [9.17, 15) is 12.8 Å². The molecule has 0 saturated carbocycles. The van der Waals surface area contributed by atoms with Gasteiger partial charge in [-0.25, -0.2) is 12.8 Å². The van der Waals surface area contributed by atoms with Crippen molar-refractivity contribution in [2.45, 2.75) is 24.3 Å². The number of hydrogen-bond donors (Lipinski definition) is 1. The first kappa shape index (κ1) is 19.8. The third kappa shape index (κ3) is 4.87. The van der Waals surface area contributed by atoms with Gasteiger partial charge in [0.2, 0.25) is 0 Å². The van der Waals surface area contributed by atoms with E-state index < -0.39 is 15.7 Å². The van der Waals surface area contributed by atoms with Gasteiger partial charge in [0.15, 0.2) is 15.8 Å². The molecule has 1 N–H and O–H groups in total. The van der Waals surface area contributed by atoms with Crippen molar-refractivity contribution in [2.75, 3.05) is 45.0 Å². The highest BCUT2D eigenvalue weighted by molar-refractivity contribution is 7.91. The van der Waals surface area contributed by atoms with Gasteiger partial charge in [-0.05, 0) is 25.5 Å². The molecule has 2 heterocycles. The number of sulfone groups is 1.